The largest absolute Gasteiger partial charge is 0.352 e. The molecule has 0 fully saturated rings. The molecule has 0 aliphatic heterocycles. The Morgan fingerprint density at radius 1 is 1.11 bits per heavy atom. The fourth-order valence-electron chi connectivity index (χ4n) is 2.38. The molecule has 0 radical (unpaired) electrons. The highest BCUT2D eigenvalue weighted by Gasteiger charge is 2.10. The predicted octanol–water partition coefficient (Wildman–Crippen LogP) is 2.78. The maximum Gasteiger partial charge on any atom is 0.226 e. The summed E-state index contributed by atoms with van der Waals surface area (Å²) in [4.78, 5) is 16.6. The van der Waals surface area contributed by atoms with Gasteiger partial charge in [-0.2, -0.15) is 11.3 Å². The molecule has 2 aromatic heterocycles. The van der Waals surface area contributed by atoms with Crippen LogP contribution in [-0.2, 0) is 33.5 Å². The average Bonchev–Trinajstić information content (AvgIpc) is 3.32. The molecule has 0 saturated heterocycles. The summed E-state index contributed by atoms with van der Waals surface area (Å²) >= 11 is 3.15. The molecule has 0 atom stereocenters. The van der Waals surface area contributed by atoms with Gasteiger partial charge < -0.3 is 5.32 Å². The van der Waals surface area contributed by atoms with Crippen LogP contribution in [0.1, 0.15) is 16.8 Å². The molecular formula is C18H19N3O3S3. The molecular weight excluding hydrogens is 402 g/mol. The number of rotatable bonds is 8. The van der Waals surface area contributed by atoms with Crippen molar-refractivity contribution in [3.63, 3.8) is 0 Å². The van der Waals surface area contributed by atoms with Crippen LogP contribution in [0.25, 0.3) is 10.6 Å². The Balaban J connectivity index is 1.50. The number of sulfonamides is 1. The lowest BCUT2D eigenvalue weighted by Crippen LogP contribution is -2.24. The minimum atomic E-state index is -3.29. The van der Waals surface area contributed by atoms with Gasteiger partial charge in [0.2, 0.25) is 15.9 Å². The Labute approximate surface area is 166 Å². The van der Waals surface area contributed by atoms with E-state index in [1.54, 1.807) is 23.5 Å². The van der Waals surface area contributed by atoms with E-state index in [0.29, 0.717) is 12.1 Å². The minimum absolute atomic E-state index is 0.0631. The van der Waals surface area contributed by atoms with Crippen molar-refractivity contribution in [1.29, 1.82) is 0 Å². The topological polar surface area (TPSA) is 88.2 Å². The van der Waals surface area contributed by atoms with Gasteiger partial charge >= 0.3 is 0 Å². The number of thiazole rings is 1. The summed E-state index contributed by atoms with van der Waals surface area (Å²) in [5.74, 6) is -0.161. The van der Waals surface area contributed by atoms with Gasteiger partial charge in [0.15, 0.2) is 0 Å². The first kappa shape index (κ1) is 19.7. The number of hydrogen-bond acceptors (Lipinski definition) is 6. The van der Waals surface area contributed by atoms with Crippen LogP contribution in [0, 0.1) is 0 Å². The van der Waals surface area contributed by atoms with Crippen molar-refractivity contribution in [3.05, 3.63) is 63.3 Å². The Hall–Kier alpha value is -2.07. The minimum Gasteiger partial charge on any atom is -0.352 e. The van der Waals surface area contributed by atoms with E-state index < -0.39 is 10.0 Å². The number of nitrogens with one attached hydrogen (secondary N) is 2. The van der Waals surface area contributed by atoms with Gasteiger partial charge in [-0.05, 0) is 29.6 Å². The SMILES string of the molecule is CNS(=O)(=O)Cc1ccc(CNC(=O)Cc2csc(-c3ccsc3)n2)cc1. The van der Waals surface area contributed by atoms with Crippen LogP contribution in [-0.4, -0.2) is 26.4 Å². The van der Waals surface area contributed by atoms with Gasteiger partial charge in [-0.1, -0.05) is 24.3 Å². The summed E-state index contributed by atoms with van der Waals surface area (Å²) in [5.41, 5.74) is 3.44. The normalized spacial score (nSPS) is 11.4. The average molecular weight is 422 g/mol. The number of benzene rings is 1. The number of amides is 1. The first-order chi connectivity index (χ1) is 12.9. The van der Waals surface area contributed by atoms with E-state index in [1.165, 1.54) is 18.4 Å². The molecule has 1 amide bonds. The lowest BCUT2D eigenvalue weighted by Gasteiger charge is -2.06. The molecule has 3 aromatic rings. The molecule has 142 valence electrons. The zero-order valence-corrected chi connectivity index (χ0v) is 17.1. The second-order valence-corrected chi connectivity index (χ2v) is 9.45. The number of carbonyl (C=O) groups is 1. The van der Waals surface area contributed by atoms with Crippen molar-refractivity contribution in [2.45, 2.75) is 18.7 Å². The number of thiophene rings is 1. The van der Waals surface area contributed by atoms with Gasteiger partial charge in [-0.3, -0.25) is 4.79 Å². The molecule has 0 unspecified atom stereocenters. The zero-order valence-electron chi connectivity index (χ0n) is 14.6. The van der Waals surface area contributed by atoms with Crippen LogP contribution < -0.4 is 10.0 Å². The fraction of sp³-hybridized carbons (Fsp3) is 0.222. The van der Waals surface area contributed by atoms with Gasteiger partial charge in [0.25, 0.3) is 0 Å². The number of carbonyl (C=O) groups excluding carboxylic acids is 1. The predicted molar refractivity (Wildman–Crippen MR) is 109 cm³/mol. The summed E-state index contributed by atoms with van der Waals surface area (Å²) in [5, 5.41) is 9.73. The maximum absolute atomic E-state index is 12.1. The molecule has 0 aliphatic rings. The van der Waals surface area contributed by atoms with Crippen molar-refractivity contribution in [2.24, 2.45) is 0 Å². The van der Waals surface area contributed by atoms with E-state index in [1.807, 2.05) is 34.3 Å². The molecule has 0 bridgehead atoms. The van der Waals surface area contributed by atoms with Crippen LogP contribution >= 0.6 is 22.7 Å². The highest BCUT2D eigenvalue weighted by atomic mass is 32.2. The maximum atomic E-state index is 12.1. The lowest BCUT2D eigenvalue weighted by atomic mass is 10.1. The van der Waals surface area contributed by atoms with Gasteiger partial charge in [0, 0.05) is 22.9 Å². The Morgan fingerprint density at radius 3 is 2.52 bits per heavy atom. The molecule has 3 rings (SSSR count). The molecule has 1 aromatic carbocycles. The third-order valence-corrected chi connectivity index (χ3v) is 6.80. The van der Waals surface area contributed by atoms with E-state index in [4.69, 9.17) is 0 Å². The van der Waals surface area contributed by atoms with E-state index in [-0.39, 0.29) is 18.1 Å². The summed E-state index contributed by atoms with van der Waals surface area (Å²) in [6.07, 6.45) is 0.235. The third-order valence-electron chi connectivity index (χ3n) is 3.84. The molecule has 6 nitrogen and oxygen atoms in total. The van der Waals surface area contributed by atoms with Crippen LogP contribution in [0.4, 0.5) is 0 Å². The molecule has 27 heavy (non-hydrogen) atoms. The quantitative estimate of drug-likeness (QED) is 0.585. The smallest absolute Gasteiger partial charge is 0.226 e. The zero-order chi connectivity index (χ0) is 19.3. The summed E-state index contributed by atoms with van der Waals surface area (Å²) in [6, 6.07) is 9.16. The van der Waals surface area contributed by atoms with E-state index >= 15 is 0 Å². The highest BCUT2D eigenvalue weighted by molar-refractivity contribution is 7.88. The van der Waals surface area contributed by atoms with E-state index in [9.17, 15) is 13.2 Å². The van der Waals surface area contributed by atoms with E-state index in [2.05, 4.69) is 15.0 Å². The summed E-state index contributed by atoms with van der Waals surface area (Å²) in [6.45, 7) is 0.388. The van der Waals surface area contributed by atoms with Gasteiger partial charge in [0.1, 0.15) is 5.01 Å². The molecule has 0 saturated carbocycles. The molecule has 0 spiro atoms. The standard InChI is InChI=1S/C18H19N3O3S3/c1-19-27(23,24)12-14-4-2-13(3-5-14)9-20-17(22)8-16-11-26-18(21-16)15-6-7-25-10-15/h2-7,10-11,19H,8-9,12H2,1H3,(H,20,22). The van der Waals surface area contributed by atoms with Crippen LogP contribution in [0.15, 0.2) is 46.5 Å². The molecule has 2 heterocycles. The number of aromatic nitrogens is 1. The monoisotopic (exact) mass is 421 g/mol. The van der Waals surface area contributed by atoms with E-state index in [0.717, 1.165) is 21.8 Å². The van der Waals surface area contributed by atoms with Crippen molar-refractivity contribution in [1.82, 2.24) is 15.0 Å². The van der Waals surface area contributed by atoms with Gasteiger partial charge in [-0.25, -0.2) is 18.1 Å². The Bertz CT molecular complexity index is 994. The first-order valence-electron chi connectivity index (χ1n) is 8.18. The van der Waals surface area contributed by atoms with Gasteiger partial charge in [-0.15, -0.1) is 11.3 Å². The Morgan fingerprint density at radius 2 is 1.85 bits per heavy atom. The van der Waals surface area contributed by atoms with Crippen molar-refractivity contribution in [2.75, 3.05) is 7.05 Å². The Kier molecular flexibility index (Phi) is 6.38. The van der Waals surface area contributed by atoms with Crippen LogP contribution in [0.3, 0.4) is 0 Å². The van der Waals surface area contributed by atoms with Crippen molar-refractivity contribution in [3.8, 4) is 10.6 Å². The van der Waals surface area contributed by atoms with Crippen molar-refractivity contribution >= 4 is 38.6 Å². The third kappa shape index (κ3) is 5.70. The molecule has 9 heteroatoms. The van der Waals surface area contributed by atoms with Crippen LogP contribution in [0.2, 0.25) is 0 Å². The van der Waals surface area contributed by atoms with Crippen LogP contribution in [0.5, 0.6) is 0 Å². The summed E-state index contributed by atoms with van der Waals surface area (Å²) in [7, 11) is -1.89. The lowest BCUT2D eigenvalue weighted by molar-refractivity contribution is -0.120. The molecule has 0 aliphatic carbocycles. The van der Waals surface area contributed by atoms with Crippen molar-refractivity contribution < 1.29 is 13.2 Å². The summed E-state index contributed by atoms with van der Waals surface area (Å²) < 4.78 is 25.4. The second kappa shape index (κ2) is 8.75. The molecule has 2 N–H and O–H groups in total. The highest BCUT2D eigenvalue weighted by Crippen LogP contribution is 2.25. The first-order valence-corrected chi connectivity index (χ1v) is 11.7. The second-order valence-electron chi connectivity index (χ2n) is 5.89. The number of nitrogens with zero attached hydrogens (tertiary/aromatic N) is 1. The number of hydrogen-bond donors (Lipinski definition) is 2. The fourth-order valence-corrected chi connectivity index (χ4v) is 4.69. The van der Waals surface area contributed by atoms with Gasteiger partial charge in [0.05, 0.1) is 17.9 Å².